The second-order valence-corrected chi connectivity index (χ2v) is 5.99. The van der Waals surface area contributed by atoms with Crippen LogP contribution in [0.4, 0.5) is 0 Å². The molecule has 0 bridgehead atoms. The van der Waals surface area contributed by atoms with Crippen molar-refractivity contribution in [3.8, 4) is 0 Å². The summed E-state index contributed by atoms with van der Waals surface area (Å²) in [5.41, 5.74) is 0.812. The topological polar surface area (TPSA) is 15.3 Å². The van der Waals surface area contributed by atoms with Crippen LogP contribution in [0.3, 0.4) is 0 Å². The summed E-state index contributed by atoms with van der Waals surface area (Å²) in [6, 6.07) is 0. The third-order valence-corrected chi connectivity index (χ3v) is 5.19. The highest BCUT2D eigenvalue weighted by atomic mass is 15.3. The molecule has 0 spiro atoms. The summed E-state index contributed by atoms with van der Waals surface area (Å²) >= 11 is 0. The lowest BCUT2D eigenvalue weighted by atomic mass is 9.82. The molecule has 1 N–H and O–H groups in total. The minimum Gasteiger partial charge on any atom is -0.308 e. The SMILES string of the molecule is CCN1CC(C)(C2CC2)NCC1(CC)CC. The third kappa shape index (κ3) is 1.91. The van der Waals surface area contributed by atoms with Crippen LogP contribution < -0.4 is 5.32 Å². The molecule has 0 radical (unpaired) electrons. The molecule has 2 heteroatoms. The molecule has 1 heterocycles. The lowest BCUT2D eigenvalue weighted by Gasteiger charge is -2.53. The number of nitrogens with one attached hydrogen (secondary N) is 1. The maximum Gasteiger partial charge on any atom is 0.0329 e. The van der Waals surface area contributed by atoms with Gasteiger partial charge in [-0.15, -0.1) is 0 Å². The fourth-order valence-electron chi connectivity index (χ4n) is 3.49. The Morgan fingerprint density at radius 2 is 1.81 bits per heavy atom. The second-order valence-electron chi connectivity index (χ2n) is 5.99. The fraction of sp³-hybridized carbons (Fsp3) is 1.00. The van der Waals surface area contributed by atoms with E-state index in [4.69, 9.17) is 0 Å². The van der Waals surface area contributed by atoms with E-state index in [2.05, 4.69) is 37.9 Å². The Bertz CT molecular complexity index is 243. The Morgan fingerprint density at radius 3 is 2.25 bits per heavy atom. The summed E-state index contributed by atoms with van der Waals surface area (Å²) in [5, 5.41) is 3.87. The number of likely N-dealkylation sites (N-methyl/N-ethyl adjacent to an activating group) is 1. The maximum atomic E-state index is 3.87. The summed E-state index contributed by atoms with van der Waals surface area (Å²) in [6.07, 6.45) is 5.41. The average molecular weight is 224 g/mol. The third-order valence-electron chi connectivity index (χ3n) is 5.19. The van der Waals surface area contributed by atoms with Crippen molar-refractivity contribution in [2.45, 2.75) is 64.5 Å². The molecule has 1 aliphatic carbocycles. The van der Waals surface area contributed by atoms with Crippen molar-refractivity contribution in [3.63, 3.8) is 0 Å². The molecule has 2 fully saturated rings. The van der Waals surface area contributed by atoms with E-state index in [9.17, 15) is 0 Å². The molecule has 16 heavy (non-hydrogen) atoms. The Labute approximate surface area is 101 Å². The molecule has 1 saturated heterocycles. The molecule has 2 rings (SSSR count). The molecule has 0 amide bonds. The summed E-state index contributed by atoms with van der Waals surface area (Å²) < 4.78 is 0. The normalized spacial score (nSPS) is 35.2. The lowest BCUT2D eigenvalue weighted by molar-refractivity contribution is 0.000659. The molecule has 2 aliphatic rings. The number of hydrogen-bond donors (Lipinski definition) is 1. The standard InChI is InChI=1S/C14H28N2/c1-5-14(6-2)10-15-13(4,12-8-9-12)11-16(14)7-3/h12,15H,5-11H2,1-4H3. The Morgan fingerprint density at radius 1 is 1.19 bits per heavy atom. The monoisotopic (exact) mass is 224 g/mol. The highest BCUT2D eigenvalue weighted by Gasteiger charge is 2.49. The maximum absolute atomic E-state index is 3.87. The van der Waals surface area contributed by atoms with E-state index in [1.807, 2.05) is 0 Å². The van der Waals surface area contributed by atoms with Gasteiger partial charge in [0.25, 0.3) is 0 Å². The van der Waals surface area contributed by atoms with Crippen LogP contribution in [-0.2, 0) is 0 Å². The van der Waals surface area contributed by atoms with E-state index in [1.54, 1.807) is 0 Å². The van der Waals surface area contributed by atoms with Crippen molar-refractivity contribution in [2.75, 3.05) is 19.6 Å². The van der Waals surface area contributed by atoms with Gasteiger partial charge in [-0.1, -0.05) is 20.8 Å². The highest BCUT2D eigenvalue weighted by molar-refractivity contribution is 5.08. The quantitative estimate of drug-likeness (QED) is 0.790. The molecule has 1 aliphatic heterocycles. The van der Waals surface area contributed by atoms with Gasteiger partial charge in [0, 0.05) is 24.2 Å². The zero-order valence-electron chi connectivity index (χ0n) is 11.5. The summed E-state index contributed by atoms with van der Waals surface area (Å²) in [4.78, 5) is 2.74. The number of hydrogen-bond acceptors (Lipinski definition) is 2. The molecule has 0 aromatic rings. The first-order valence-corrected chi connectivity index (χ1v) is 7.10. The Hall–Kier alpha value is -0.0800. The van der Waals surface area contributed by atoms with Crippen LogP contribution >= 0.6 is 0 Å². The molecule has 1 atom stereocenters. The molecular formula is C14H28N2. The number of rotatable bonds is 4. The molecule has 1 saturated carbocycles. The van der Waals surface area contributed by atoms with Crippen molar-refractivity contribution in [3.05, 3.63) is 0 Å². The van der Waals surface area contributed by atoms with Crippen LogP contribution in [0.15, 0.2) is 0 Å². The van der Waals surface area contributed by atoms with E-state index >= 15 is 0 Å². The van der Waals surface area contributed by atoms with E-state index in [0.29, 0.717) is 11.1 Å². The molecule has 1 unspecified atom stereocenters. The van der Waals surface area contributed by atoms with Crippen molar-refractivity contribution in [1.82, 2.24) is 10.2 Å². The van der Waals surface area contributed by atoms with Crippen LogP contribution in [-0.4, -0.2) is 35.6 Å². The Balaban J connectivity index is 2.11. The summed E-state index contributed by atoms with van der Waals surface area (Å²) in [7, 11) is 0. The van der Waals surface area contributed by atoms with Crippen LogP contribution in [0.1, 0.15) is 53.4 Å². The first kappa shape index (κ1) is 12.4. The molecule has 2 nitrogen and oxygen atoms in total. The van der Waals surface area contributed by atoms with Gasteiger partial charge < -0.3 is 5.32 Å². The van der Waals surface area contributed by atoms with Gasteiger partial charge in [-0.05, 0) is 45.1 Å². The predicted octanol–water partition coefficient (Wildman–Crippen LogP) is 2.64. The van der Waals surface area contributed by atoms with E-state index in [0.717, 1.165) is 5.92 Å². The average Bonchev–Trinajstić information content (AvgIpc) is 3.14. The molecular weight excluding hydrogens is 196 g/mol. The van der Waals surface area contributed by atoms with Gasteiger partial charge in [0.2, 0.25) is 0 Å². The van der Waals surface area contributed by atoms with Crippen LogP contribution in [0.2, 0.25) is 0 Å². The zero-order chi connectivity index (χ0) is 11.8. The van der Waals surface area contributed by atoms with E-state index in [1.165, 1.54) is 45.3 Å². The number of piperazine rings is 1. The second kappa shape index (κ2) is 4.30. The van der Waals surface area contributed by atoms with E-state index in [-0.39, 0.29) is 0 Å². The van der Waals surface area contributed by atoms with Gasteiger partial charge >= 0.3 is 0 Å². The van der Waals surface area contributed by atoms with Crippen LogP contribution in [0, 0.1) is 5.92 Å². The predicted molar refractivity (Wildman–Crippen MR) is 69.7 cm³/mol. The number of nitrogens with zero attached hydrogens (tertiary/aromatic N) is 1. The lowest BCUT2D eigenvalue weighted by Crippen LogP contribution is -2.69. The van der Waals surface area contributed by atoms with E-state index < -0.39 is 0 Å². The highest BCUT2D eigenvalue weighted by Crippen LogP contribution is 2.43. The molecule has 0 aromatic carbocycles. The van der Waals surface area contributed by atoms with Crippen molar-refractivity contribution in [2.24, 2.45) is 5.92 Å². The largest absolute Gasteiger partial charge is 0.308 e. The van der Waals surface area contributed by atoms with Crippen molar-refractivity contribution < 1.29 is 0 Å². The smallest absolute Gasteiger partial charge is 0.0329 e. The minimum absolute atomic E-state index is 0.393. The first-order chi connectivity index (χ1) is 7.60. The molecule has 0 aromatic heterocycles. The van der Waals surface area contributed by atoms with Gasteiger partial charge in [0.05, 0.1) is 0 Å². The van der Waals surface area contributed by atoms with Crippen LogP contribution in [0.5, 0.6) is 0 Å². The zero-order valence-corrected chi connectivity index (χ0v) is 11.5. The van der Waals surface area contributed by atoms with Crippen molar-refractivity contribution >= 4 is 0 Å². The van der Waals surface area contributed by atoms with Gasteiger partial charge in [-0.25, -0.2) is 0 Å². The van der Waals surface area contributed by atoms with Crippen LogP contribution in [0.25, 0.3) is 0 Å². The fourth-order valence-corrected chi connectivity index (χ4v) is 3.49. The van der Waals surface area contributed by atoms with Gasteiger partial charge in [-0.3, -0.25) is 4.90 Å². The minimum atomic E-state index is 0.393. The summed E-state index contributed by atoms with van der Waals surface area (Å²) in [5.74, 6) is 0.938. The molecule has 94 valence electrons. The van der Waals surface area contributed by atoms with Crippen molar-refractivity contribution in [1.29, 1.82) is 0 Å². The summed E-state index contributed by atoms with van der Waals surface area (Å²) in [6.45, 7) is 13.1. The van der Waals surface area contributed by atoms with Gasteiger partial charge in [-0.2, -0.15) is 0 Å². The Kier molecular flexibility index (Phi) is 3.33. The first-order valence-electron chi connectivity index (χ1n) is 7.10. The van der Waals surface area contributed by atoms with Gasteiger partial charge in [0.1, 0.15) is 0 Å². The van der Waals surface area contributed by atoms with Gasteiger partial charge in [0.15, 0.2) is 0 Å².